The Morgan fingerprint density at radius 3 is 2.33 bits per heavy atom. The summed E-state index contributed by atoms with van der Waals surface area (Å²) in [4.78, 5) is -0.562. The van der Waals surface area contributed by atoms with Gasteiger partial charge in [-0.15, -0.1) is 0 Å². The molecule has 0 spiro atoms. The summed E-state index contributed by atoms with van der Waals surface area (Å²) < 4.78 is 51.6. The second kappa shape index (κ2) is 4.91. The zero-order valence-corrected chi connectivity index (χ0v) is 11.3. The van der Waals surface area contributed by atoms with E-state index in [0.717, 1.165) is 16.4 Å². The zero-order chi connectivity index (χ0) is 14.1. The summed E-state index contributed by atoms with van der Waals surface area (Å²) >= 11 is 0. The van der Waals surface area contributed by atoms with Gasteiger partial charge in [0.05, 0.1) is 0 Å². The molecule has 0 aromatic heterocycles. The lowest BCUT2D eigenvalue weighted by molar-refractivity contribution is 0.273. The van der Waals surface area contributed by atoms with E-state index in [0.29, 0.717) is 6.07 Å². The minimum atomic E-state index is -4.04. The molecule has 18 heavy (non-hydrogen) atoms. The molecule has 0 atom stereocenters. The maximum Gasteiger partial charge on any atom is 0.246 e. The molecule has 0 fully saturated rings. The number of hydrogen-bond acceptors (Lipinski definition) is 3. The van der Waals surface area contributed by atoms with Gasteiger partial charge in [0.25, 0.3) is 0 Å². The summed E-state index contributed by atoms with van der Waals surface area (Å²) in [6, 6.07) is 2.35. The van der Waals surface area contributed by atoms with E-state index in [9.17, 15) is 17.2 Å². The molecule has 0 bridgehead atoms. The quantitative estimate of drug-likeness (QED) is 0.903. The van der Waals surface area contributed by atoms with Crippen LogP contribution in [0.15, 0.2) is 23.1 Å². The summed E-state index contributed by atoms with van der Waals surface area (Å²) in [5.74, 6) is -1.94. The highest BCUT2D eigenvalue weighted by atomic mass is 32.2. The molecule has 4 nitrogen and oxygen atoms in total. The third-order valence-electron chi connectivity index (χ3n) is 2.88. The number of halogens is 2. The fourth-order valence-corrected chi connectivity index (χ4v) is 2.85. The van der Waals surface area contributed by atoms with Gasteiger partial charge >= 0.3 is 0 Å². The van der Waals surface area contributed by atoms with Crippen molar-refractivity contribution in [1.82, 2.24) is 4.31 Å². The SMILES string of the molecule is CN(C(C)(C)CN)S(=O)(=O)c1ccc(F)cc1F. The summed E-state index contributed by atoms with van der Waals surface area (Å²) in [5, 5.41) is 0. The van der Waals surface area contributed by atoms with Crippen LogP contribution in [0.4, 0.5) is 8.78 Å². The molecule has 0 unspecified atom stereocenters. The monoisotopic (exact) mass is 278 g/mol. The Hall–Kier alpha value is -1.05. The van der Waals surface area contributed by atoms with Crippen molar-refractivity contribution < 1.29 is 17.2 Å². The minimum Gasteiger partial charge on any atom is -0.329 e. The summed E-state index contributed by atoms with van der Waals surface area (Å²) in [6.07, 6.45) is 0. The van der Waals surface area contributed by atoms with Gasteiger partial charge in [0.2, 0.25) is 10.0 Å². The summed E-state index contributed by atoms with van der Waals surface area (Å²) in [7, 11) is -2.73. The van der Waals surface area contributed by atoms with Gasteiger partial charge in [-0.3, -0.25) is 0 Å². The predicted molar refractivity (Wildman–Crippen MR) is 64.4 cm³/mol. The smallest absolute Gasteiger partial charge is 0.246 e. The average Bonchev–Trinajstić information content (AvgIpc) is 2.27. The third-order valence-corrected chi connectivity index (χ3v) is 4.99. The van der Waals surface area contributed by atoms with Crippen molar-refractivity contribution in [2.45, 2.75) is 24.3 Å². The second-order valence-corrected chi connectivity index (χ2v) is 6.50. The van der Waals surface area contributed by atoms with E-state index in [1.807, 2.05) is 0 Å². The first-order valence-corrected chi connectivity index (χ1v) is 6.71. The van der Waals surface area contributed by atoms with Crippen LogP contribution in [0.3, 0.4) is 0 Å². The number of likely N-dealkylation sites (N-methyl/N-ethyl adjacent to an activating group) is 1. The molecule has 0 amide bonds. The molecule has 1 aromatic carbocycles. The van der Waals surface area contributed by atoms with Gasteiger partial charge in [-0.25, -0.2) is 17.2 Å². The Balaban J connectivity index is 3.30. The van der Waals surface area contributed by atoms with E-state index >= 15 is 0 Å². The van der Waals surface area contributed by atoms with E-state index < -0.39 is 32.1 Å². The number of benzene rings is 1. The first-order chi connectivity index (χ1) is 8.13. The van der Waals surface area contributed by atoms with Gasteiger partial charge in [0, 0.05) is 25.2 Å². The molecule has 102 valence electrons. The van der Waals surface area contributed by atoms with Gasteiger partial charge in [-0.05, 0) is 26.0 Å². The lowest BCUT2D eigenvalue weighted by Crippen LogP contribution is -2.50. The van der Waals surface area contributed by atoms with Crippen LogP contribution in [0.25, 0.3) is 0 Å². The Morgan fingerprint density at radius 1 is 1.33 bits per heavy atom. The van der Waals surface area contributed by atoms with Crippen LogP contribution in [0.2, 0.25) is 0 Å². The molecular weight excluding hydrogens is 262 g/mol. The standard InChI is InChI=1S/C11H16F2N2O2S/c1-11(2,7-14)15(3)18(16,17)10-5-4-8(12)6-9(10)13/h4-6H,7,14H2,1-3H3. The van der Waals surface area contributed by atoms with Crippen molar-refractivity contribution >= 4 is 10.0 Å². The van der Waals surface area contributed by atoms with Crippen LogP contribution in [0, 0.1) is 11.6 Å². The van der Waals surface area contributed by atoms with E-state index in [2.05, 4.69) is 0 Å². The molecule has 0 heterocycles. The second-order valence-electron chi connectivity index (χ2n) is 4.56. The predicted octanol–water partition coefficient (Wildman–Crippen LogP) is 1.32. The highest BCUT2D eigenvalue weighted by Gasteiger charge is 2.34. The van der Waals surface area contributed by atoms with Gasteiger partial charge in [0.1, 0.15) is 16.5 Å². The number of nitrogens with zero attached hydrogens (tertiary/aromatic N) is 1. The van der Waals surface area contributed by atoms with E-state index in [1.165, 1.54) is 7.05 Å². The molecule has 7 heteroatoms. The Kier molecular flexibility index (Phi) is 4.09. The number of sulfonamides is 1. The highest BCUT2D eigenvalue weighted by Crippen LogP contribution is 2.24. The van der Waals surface area contributed by atoms with Crippen LogP contribution >= 0.6 is 0 Å². The zero-order valence-electron chi connectivity index (χ0n) is 10.4. The highest BCUT2D eigenvalue weighted by molar-refractivity contribution is 7.89. The molecule has 1 rings (SSSR count). The molecule has 0 aliphatic rings. The molecule has 1 aromatic rings. The molecule has 0 aliphatic carbocycles. The maximum atomic E-state index is 13.5. The molecule has 0 radical (unpaired) electrons. The average molecular weight is 278 g/mol. The van der Waals surface area contributed by atoms with Crippen molar-refractivity contribution in [3.63, 3.8) is 0 Å². The van der Waals surface area contributed by atoms with Gasteiger partial charge in [-0.2, -0.15) is 4.31 Å². The van der Waals surface area contributed by atoms with Crippen molar-refractivity contribution in [2.75, 3.05) is 13.6 Å². The first-order valence-electron chi connectivity index (χ1n) is 5.27. The van der Waals surface area contributed by atoms with Crippen LogP contribution in [-0.4, -0.2) is 31.9 Å². The lowest BCUT2D eigenvalue weighted by atomic mass is 10.1. The Labute approximate surface area is 105 Å². The van der Waals surface area contributed by atoms with Crippen molar-refractivity contribution in [1.29, 1.82) is 0 Å². The topological polar surface area (TPSA) is 63.4 Å². The largest absolute Gasteiger partial charge is 0.329 e. The Morgan fingerprint density at radius 2 is 1.89 bits per heavy atom. The molecular formula is C11H16F2N2O2S. The van der Waals surface area contributed by atoms with Crippen LogP contribution < -0.4 is 5.73 Å². The molecule has 0 saturated carbocycles. The van der Waals surface area contributed by atoms with E-state index in [1.54, 1.807) is 13.8 Å². The van der Waals surface area contributed by atoms with Crippen LogP contribution in [0.1, 0.15) is 13.8 Å². The van der Waals surface area contributed by atoms with Gasteiger partial charge < -0.3 is 5.73 Å². The fraction of sp³-hybridized carbons (Fsp3) is 0.455. The maximum absolute atomic E-state index is 13.5. The summed E-state index contributed by atoms with van der Waals surface area (Å²) in [5.41, 5.74) is 4.62. The van der Waals surface area contributed by atoms with Crippen molar-refractivity contribution in [2.24, 2.45) is 5.73 Å². The molecule has 0 saturated heterocycles. The van der Waals surface area contributed by atoms with E-state index in [4.69, 9.17) is 5.73 Å². The van der Waals surface area contributed by atoms with Gasteiger partial charge in [-0.1, -0.05) is 0 Å². The van der Waals surface area contributed by atoms with Gasteiger partial charge in [0.15, 0.2) is 0 Å². The van der Waals surface area contributed by atoms with Crippen LogP contribution in [-0.2, 0) is 10.0 Å². The number of nitrogens with two attached hydrogens (primary N) is 1. The minimum absolute atomic E-state index is 0.0749. The molecule has 2 N–H and O–H groups in total. The van der Waals surface area contributed by atoms with E-state index in [-0.39, 0.29) is 6.54 Å². The van der Waals surface area contributed by atoms with Crippen molar-refractivity contribution in [3.8, 4) is 0 Å². The first kappa shape index (κ1) is 15.0. The third kappa shape index (κ3) is 2.68. The number of hydrogen-bond donors (Lipinski definition) is 1. The number of rotatable bonds is 4. The Bertz CT molecular complexity index is 544. The van der Waals surface area contributed by atoms with Crippen molar-refractivity contribution in [3.05, 3.63) is 29.8 Å². The molecule has 0 aliphatic heterocycles. The fourth-order valence-electron chi connectivity index (χ4n) is 1.29. The summed E-state index contributed by atoms with van der Waals surface area (Å²) in [6.45, 7) is 3.31. The lowest BCUT2D eigenvalue weighted by Gasteiger charge is -2.33. The van der Waals surface area contributed by atoms with Crippen LogP contribution in [0.5, 0.6) is 0 Å². The normalized spacial score (nSPS) is 13.1.